The van der Waals surface area contributed by atoms with Gasteiger partial charge in [-0.15, -0.1) is 0 Å². The molecule has 2 rings (SSSR count). The average Bonchev–Trinajstić information content (AvgIpc) is 2.63. The molecule has 0 aliphatic carbocycles. The zero-order valence-corrected chi connectivity index (χ0v) is 10.7. The zero-order valence-electron chi connectivity index (χ0n) is 9.91. The van der Waals surface area contributed by atoms with Crippen LogP contribution >= 0.6 is 11.6 Å². The third kappa shape index (κ3) is 2.18. The first kappa shape index (κ1) is 11.7. The first-order chi connectivity index (χ1) is 7.59. The second kappa shape index (κ2) is 4.64. The number of hydrogen-bond donors (Lipinski definition) is 1. The molecule has 1 heterocycles. The van der Waals surface area contributed by atoms with E-state index in [0.717, 1.165) is 17.1 Å². The fourth-order valence-corrected chi connectivity index (χ4v) is 2.73. The maximum atomic E-state index is 6.24. The van der Waals surface area contributed by atoms with Crippen LogP contribution in [0.5, 0.6) is 0 Å². The third-order valence-electron chi connectivity index (χ3n) is 3.36. The van der Waals surface area contributed by atoms with Crippen molar-refractivity contribution in [2.24, 2.45) is 5.73 Å². The lowest BCUT2D eigenvalue weighted by atomic mass is 10.1. The molecule has 0 aromatic heterocycles. The van der Waals surface area contributed by atoms with E-state index in [1.54, 1.807) is 0 Å². The molecule has 1 saturated heterocycles. The SMILES string of the molecule is CC(N)c1ccc(N2CCCC2C)cc1Cl. The Kier molecular flexibility index (Phi) is 3.41. The van der Waals surface area contributed by atoms with Gasteiger partial charge in [0.2, 0.25) is 0 Å². The fourth-order valence-electron chi connectivity index (χ4n) is 2.38. The van der Waals surface area contributed by atoms with Gasteiger partial charge in [-0.2, -0.15) is 0 Å². The largest absolute Gasteiger partial charge is 0.369 e. The molecule has 1 aromatic rings. The number of anilines is 1. The van der Waals surface area contributed by atoms with Crippen molar-refractivity contribution in [1.82, 2.24) is 0 Å². The molecule has 1 aliphatic rings. The molecule has 2 unspecified atom stereocenters. The Hall–Kier alpha value is -0.730. The van der Waals surface area contributed by atoms with Crippen LogP contribution in [0.1, 0.15) is 38.3 Å². The van der Waals surface area contributed by atoms with E-state index in [4.69, 9.17) is 17.3 Å². The van der Waals surface area contributed by atoms with Gasteiger partial charge in [0.1, 0.15) is 0 Å². The lowest BCUT2D eigenvalue weighted by Gasteiger charge is -2.24. The quantitative estimate of drug-likeness (QED) is 0.856. The molecule has 2 N–H and O–H groups in total. The Balaban J connectivity index is 2.27. The summed E-state index contributed by atoms with van der Waals surface area (Å²) in [6.45, 7) is 5.36. The molecule has 16 heavy (non-hydrogen) atoms. The standard InChI is InChI=1S/C13H19ClN2/c1-9-4-3-7-16(9)11-5-6-12(10(2)15)13(14)8-11/h5-6,8-10H,3-4,7,15H2,1-2H3. The van der Waals surface area contributed by atoms with E-state index in [1.165, 1.54) is 18.5 Å². The van der Waals surface area contributed by atoms with Crippen LogP contribution in [-0.2, 0) is 0 Å². The van der Waals surface area contributed by atoms with Gasteiger partial charge in [0, 0.05) is 29.3 Å². The van der Waals surface area contributed by atoms with Crippen LogP contribution in [0.4, 0.5) is 5.69 Å². The smallest absolute Gasteiger partial charge is 0.0474 e. The Morgan fingerprint density at radius 2 is 2.25 bits per heavy atom. The van der Waals surface area contributed by atoms with Crippen molar-refractivity contribution >= 4 is 17.3 Å². The van der Waals surface area contributed by atoms with Crippen LogP contribution in [-0.4, -0.2) is 12.6 Å². The van der Waals surface area contributed by atoms with Gasteiger partial charge >= 0.3 is 0 Å². The van der Waals surface area contributed by atoms with Gasteiger partial charge in [-0.3, -0.25) is 0 Å². The number of benzene rings is 1. The number of hydrogen-bond acceptors (Lipinski definition) is 2. The summed E-state index contributed by atoms with van der Waals surface area (Å²) in [5.74, 6) is 0. The highest BCUT2D eigenvalue weighted by atomic mass is 35.5. The average molecular weight is 239 g/mol. The minimum Gasteiger partial charge on any atom is -0.369 e. The van der Waals surface area contributed by atoms with Crippen LogP contribution in [0, 0.1) is 0 Å². The maximum absolute atomic E-state index is 6.24. The number of halogens is 1. The van der Waals surface area contributed by atoms with Gasteiger partial charge in [-0.1, -0.05) is 17.7 Å². The summed E-state index contributed by atoms with van der Waals surface area (Å²) in [4.78, 5) is 2.41. The minimum absolute atomic E-state index is 0.00227. The van der Waals surface area contributed by atoms with Crippen molar-refractivity contribution in [3.63, 3.8) is 0 Å². The van der Waals surface area contributed by atoms with Gasteiger partial charge in [-0.05, 0) is 44.4 Å². The molecule has 0 amide bonds. The second-order valence-electron chi connectivity index (χ2n) is 4.68. The summed E-state index contributed by atoms with van der Waals surface area (Å²) in [7, 11) is 0. The molecule has 1 fully saturated rings. The van der Waals surface area contributed by atoms with Crippen LogP contribution in [0.25, 0.3) is 0 Å². The Morgan fingerprint density at radius 1 is 1.50 bits per heavy atom. The van der Waals surface area contributed by atoms with Gasteiger partial charge in [0.15, 0.2) is 0 Å². The number of rotatable bonds is 2. The van der Waals surface area contributed by atoms with E-state index in [0.29, 0.717) is 6.04 Å². The van der Waals surface area contributed by atoms with Crippen molar-refractivity contribution in [3.05, 3.63) is 28.8 Å². The van der Waals surface area contributed by atoms with Crippen LogP contribution in [0.2, 0.25) is 5.02 Å². The van der Waals surface area contributed by atoms with E-state index in [2.05, 4.69) is 17.9 Å². The molecular weight excluding hydrogens is 220 g/mol. The Morgan fingerprint density at radius 3 is 2.75 bits per heavy atom. The monoisotopic (exact) mass is 238 g/mol. The molecule has 0 saturated carbocycles. The molecular formula is C13H19ClN2. The van der Waals surface area contributed by atoms with Gasteiger partial charge in [0.05, 0.1) is 0 Å². The molecule has 2 nitrogen and oxygen atoms in total. The van der Waals surface area contributed by atoms with Gasteiger partial charge in [-0.25, -0.2) is 0 Å². The first-order valence-corrected chi connectivity index (χ1v) is 6.29. The Bertz CT molecular complexity index is 376. The van der Waals surface area contributed by atoms with E-state index in [1.807, 2.05) is 19.1 Å². The summed E-state index contributed by atoms with van der Waals surface area (Å²) >= 11 is 6.24. The second-order valence-corrected chi connectivity index (χ2v) is 5.09. The van der Waals surface area contributed by atoms with Crippen molar-refractivity contribution in [1.29, 1.82) is 0 Å². The van der Waals surface area contributed by atoms with Gasteiger partial charge in [0.25, 0.3) is 0 Å². The van der Waals surface area contributed by atoms with Crippen LogP contribution in [0.15, 0.2) is 18.2 Å². The Labute approximate surface area is 102 Å². The van der Waals surface area contributed by atoms with Crippen molar-refractivity contribution in [3.8, 4) is 0 Å². The van der Waals surface area contributed by atoms with E-state index in [-0.39, 0.29) is 6.04 Å². The van der Waals surface area contributed by atoms with Crippen LogP contribution in [0.3, 0.4) is 0 Å². The summed E-state index contributed by atoms with van der Waals surface area (Å²) in [6.07, 6.45) is 2.54. The summed E-state index contributed by atoms with van der Waals surface area (Å²) in [5, 5.41) is 0.784. The molecule has 3 heteroatoms. The summed E-state index contributed by atoms with van der Waals surface area (Å²) in [6, 6.07) is 6.84. The molecule has 2 atom stereocenters. The first-order valence-electron chi connectivity index (χ1n) is 5.91. The molecule has 88 valence electrons. The van der Waals surface area contributed by atoms with Crippen LogP contribution < -0.4 is 10.6 Å². The zero-order chi connectivity index (χ0) is 11.7. The highest BCUT2D eigenvalue weighted by Gasteiger charge is 2.21. The van der Waals surface area contributed by atoms with E-state index < -0.39 is 0 Å². The molecule has 1 aliphatic heterocycles. The minimum atomic E-state index is -0.00227. The molecule has 0 radical (unpaired) electrons. The summed E-state index contributed by atoms with van der Waals surface area (Å²) < 4.78 is 0. The molecule has 0 spiro atoms. The summed E-state index contributed by atoms with van der Waals surface area (Å²) in [5.41, 5.74) is 8.09. The third-order valence-corrected chi connectivity index (χ3v) is 3.69. The van der Waals surface area contributed by atoms with E-state index >= 15 is 0 Å². The molecule has 1 aromatic carbocycles. The number of nitrogens with zero attached hydrogens (tertiary/aromatic N) is 1. The lowest BCUT2D eigenvalue weighted by molar-refractivity contribution is 0.734. The highest BCUT2D eigenvalue weighted by Crippen LogP contribution is 2.30. The normalized spacial score (nSPS) is 22.5. The predicted octanol–water partition coefficient (Wildman–Crippen LogP) is 3.35. The van der Waals surface area contributed by atoms with E-state index in [9.17, 15) is 0 Å². The lowest BCUT2D eigenvalue weighted by Crippen LogP contribution is -2.26. The number of nitrogens with two attached hydrogens (primary N) is 1. The topological polar surface area (TPSA) is 29.3 Å². The van der Waals surface area contributed by atoms with Crippen molar-refractivity contribution in [2.45, 2.75) is 38.8 Å². The fraction of sp³-hybridized carbons (Fsp3) is 0.538. The maximum Gasteiger partial charge on any atom is 0.0474 e. The van der Waals surface area contributed by atoms with Crippen molar-refractivity contribution in [2.75, 3.05) is 11.4 Å². The predicted molar refractivity (Wildman–Crippen MR) is 70.1 cm³/mol. The molecule has 0 bridgehead atoms. The van der Waals surface area contributed by atoms with Gasteiger partial charge < -0.3 is 10.6 Å². The highest BCUT2D eigenvalue weighted by molar-refractivity contribution is 6.31. The van der Waals surface area contributed by atoms with Crippen molar-refractivity contribution < 1.29 is 0 Å².